The summed E-state index contributed by atoms with van der Waals surface area (Å²) < 4.78 is 13.7. The van der Waals surface area contributed by atoms with Crippen LogP contribution in [0.2, 0.25) is 0 Å². The normalized spacial score (nSPS) is 14.9. The monoisotopic (exact) mass is 858 g/mol. The molecule has 2 aliphatic rings. The molecule has 7 rings (SSSR count). The number of H-pyrrole nitrogens is 1. The molecule has 0 bridgehead atoms. The van der Waals surface area contributed by atoms with Gasteiger partial charge < -0.3 is 14.8 Å². The number of hydrogen-bond donors (Lipinski definition) is 3. The predicted octanol–water partition coefficient (Wildman–Crippen LogP) is 8.27. The molecule has 1 atom stereocenters. The maximum atomic E-state index is 14.0. The number of likely N-dealkylation sites (tertiary alicyclic amines) is 1. The number of piperidine rings is 1. The highest BCUT2D eigenvalue weighted by Crippen LogP contribution is 2.33. The molecule has 0 radical (unpaired) electrons. The number of imidazole rings is 1. The quantitative estimate of drug-likeness (QED) is 0.0523. The van der Waals surface area contributed by atoms with Gasteiger partial charge in [-0.2, -0.15) is 5.10 Å². The Morgan fingerprint density at radius 3 is 2.22 bits per heavy atom. The topological polar surface area (TPSA) is 198 Å². The second-order valence-electron chi connectivity index (χ2n) is 18.0. The number of ether oxygens (including phenoxy) is 2. The van der Waals surface area contributed by atoms with Gasteiger partial charge in [0.15, 0.2) is 5.82 Å². The van der Waals surface area contributed by atoms with Crippen LogP contribution < -0.4 is 15.4 Å². The smallest absolute Gasteiger partial charge is 0.324 e. The van der Waals surface area contributed by atoms with Crippen molar-refractivity contribution in [3.63, 3.8) is 0 Å². The first-order valence-electron chi connectivity index (χ1n) is 21.4. The lowest BCUT2D eigenvalue weighted by atomic mass is 9.92. The number of unbranched alkanes of at least 4 members (excludes halogenated alkanes) is 4. The highest BCUT2D eigenvalue weighted by Gasteiger charge is 2.49. The van der Waals surface area contributed by atoms with E-state index in [-0.39, 0.29) is 29.4 Å². The number of nitrogens with one attached hydrogen (secondary N) is 3. The summed E-state index contributed by atoms with van der Waals surface area (Å²) in [7, 11) is 0. The zero-order chi connectivity index (χ0) is 45.1. The van der Waals surface area contributed by atoms with Gasteiger partial charge >= 0.3 is 12.0 Å². The number of aryl methyl sites for hydroxylation is 1. The number of rotatable bonds is 15. The highest BCUT2D eigenvalue weighted by atomic mass is 16.6. The number of aromatic amines is 1. The molecule has 4 heterocycles. The van der Waals surface area contributed by atoms with Gasteiger partial charge in [0.1, 0.15) is 12.1 Å². The number of anilines is 2. The number of hydrogen-bond acceptors (Lipinski definition) is 10. The minimum Gasteiger partial charge on any atom is -0.494 e. The van der Waals surface area contributed by atoms with Crippen LogP contribution in [0.3, 0.4) is 0 Å². The Balaban J connectivity index is 0.867. The Morgan fingerprint density at radius 2 is 1.52 bits per heavy atom. The number of imide groups is 2. The van der Waals surface area contributed by atoms with Crippen molar-refractivity contribution >= 4 is 58.2 Å². The molecule has 2 aromatic heterocycles. The number of nitrogens with zero attached hydrogens (tertiary/aromatic N) is 5. The largest absolute Gasteiger partial charge is 0.494 e. The number of urea groups is 1. The van der Waals surface area contributed by atoms with Crippen molar-refractivity contribution in [1.82, 2.24) is 29.5 Å². The fourth-order valence-corrected chi connectivity index (χ4v) is 7.47. The molecule has 3 aromatic carbocycles. The average Bonchev–Trinajstić information content (AvgIpc) is 3.94. The van der Waals surface area contributed by atoms with Gasteiger partial charge in [-0.3, -0.25) is 39.0 Å². The van der Waals surface area contributed by atoms with Crippen molar-refractivity contribution in [3.8, 4) is 11.4 Å². The van der Waals surface area contributed by atoms with Gasteiger partial charge in [0.2, 0.25) is 11.8 Å². The van der Waals surface area contributed by atoms with Crippen molar-refractivity contribution in [2.24, 2.45) is 5.41 Å². The van der Waals surface area contributed by atoms with E-state index in [0.717, 1.165) is 70.1 Å². The molecule has 1 fully saturated rings. The average molecular weight is 859 g/mol. The lowest BCUT2D eigenvalue weighted by Crippen LogP contribution is -2.59. The number of aromatic nitrogens is 4. The Morgan fingerprint density at radius 1 is 0.810 bits per heavy atom. The van der Waals surface area contributed by atoms with Gasteiger partial charge in [-0.05, 0) is 94.5 Å². The second-order valence-corrected chi connectivity index (χ2v) is 18.0. The number of benzene rings is 3. The molecule has 0 aliphatic carbocycles. The highest BCUT2D eigenvalue weighted by molar-refractivity contribution is 6.22. The summed E-state index contributed by atoms with van der Waals surface area (Å²) in [4.78, 5) is 85.2. The van der Waals surface area contributed by atoms with Gasteiger partial charge in [-0.15, -0.1) is 0 Å². The van der Waals surface area contributed by atoms with Crippen molar-refractivity contribution in [2.75, 3.05) is 17.2 Å². The first-order valence-corrected chi connectivity index (χ1v) is 21.4. The van der Waals surface area contributed by atoms with Gasteiger partial charge in [-0.1, -0.05) is 52.2 Å². The van der Waals surface area contributed by atoms with E-state index >= 15 is 0 Å². The summed E-state index contributed by atoms with van der Waals surface area (Å²) in [5.41, 5.74) is 4.04. The predicted molar refractivity (Wildman–Crippen MR) is 235 cm³/mol. The summed E-state index contributed by atoms with van der Waals surface area (Å²) in [6.07, 6.45) is 5.26. The van der Waals surface area contributed by atoms with Crippen molar-refractivity contribution in [2.45, 2.75) is 111 Å². The van der Waals surface area contributed by atoms with E-state index in [9.17, 15) is 28.8 Å². The minimum atomic E-state index is -1.80. The minimum absolute atomic E-state index is 0.0344. The maximum Gasteiger partial charge on any atom is 0.324 e. The fourth-order valence-electron chi connectivity index (χ4n) is 7.47. The Kier molecular flexibility index (Phi) is 12.8. The van der Waals surface area contributed by atoms with Gasteiger partial charge in [0.05, 0.1) is 34.2 Å². The standard InChI is InChI=1S/C47H54N8O8/c1-46(2,3)36-27-37(52-51-36)50-44(61)49-30-19-21-31(22-20-30)53-28-48-34-26-32(23-24-35(34)53)62-25-11-9-7-8-10-14-29-15-12-16-33-40(29)42(59)55(41(33)58)45(63-43(60)47(4,5)6)54-38(56)17-13-18-39(54)57/h12,15-16,19-24,26-28,45H,7-11,13-14,17-18,25H2,1-6H3,(H3,49,50,51,52,61). The van der Waals surface area contributed by atoms with Gasteiger partial charge in [0.25, 0.3) is 18.2 Å². The van der Waals surface area contributed by atoms with Crippen LogP contribution in [-0.4, -0.2) is 78.1 Å². The number of amides is 6. The molecule has 63 heavy (non-hydrogen) atoms. The summed E-state index contributed by atoms with van der Waals surface area (Å²) >= 11 is 0. The van der Waals surface area contributed by atoms with E-state index in [1.165, 1.54) is 0 Å². The van der Waals surface area contributed by atoms with Crippen LogP contribution in [0.25, 0.3) is 16.7 Å². The van der Waals surface area contributed by atoms with E-state index in [1.807, 2.05) is 53.1 Å². The first kappa shape index (κ1) is 44.2. The molecule has 0 saturated carbocycles. The van der Waals surface area contributed by atoms with Crippen LogP contribution in [0.15, 0.2) is 73.1 Å². The number of carbonyl (C=O) groups is 6. The Bertz CT molecular complexity index is 2530. The lowest BCUT2D eigenvalue weighted by Gasteiger charge is -2.37. The molecule has 3 N–H and O–H groups in total. The summed E-state index contributed by atoms with van der Waals surface area (Å²) in [6.45, 7) is 11.5. The summed E-state index contributed by atoms with van der Waals surface area (Å²) in [5.74, 6) is -2.21. The number of carbonyl (C=O) groups excluding carboxylic acids is 6. The van der Waals surface area contributed by atoms with Crippen LogP contribution in [-0.2, 0) is 31.0 Å². The molecule has 1 unspecified atom stereocenters. The Hall–Kier alpha value is -6.84. The van der Waals surface area contributed by atoms with Gasteiger partial charge in [0, 0.05) is 47.5 Å². The van der Waals surface area contributed by atoms with Crippen LogP contribution in [0.1, 0.15) is 125 Å². The molecule has 0 spiro atoms. The number of esters is 1. The van der Waals surface area contributed by atoms with Crippen molar-refractivity contribution in [1.29, 1.82) is 0 Å². The van der Waals surface area contributed by atoms with E-state index in [4.69, 9.17) is 9.47 Å². The molecule has 2 aliphatic heterocycles. The third-order valence-electron chi connectivity index (χ3n) is 11.0. The first-order chi connectivity index (χ1) is 30.0. The van der Waals surface area contributed by atoms with Crippen LogP contribution in [0.5, 0.6) is 5.75 Å². The third kappa shape index (κ3) is 9.95. The van der Waals surface area contributed by atoms with Crippen LogP contribution >= 0.6 is 0 Å². The van der Waals surface area contributed by atoms with Crippen molar-refractivity contribution in [3.05, 3.63) is 95.4 Å². The summed E-state index contributed by atoms with van der Waals surface area (Å²) in [5, 5.41) is 12.7. The van der Waals surface area contributed by atoms with E-state index in [1.54, 1.807) is 45.3 Å². The van der Waals surface area contributed by atoms with Crippen LogP contribution in [0, 0.1) is 5.41 Å². The van der Waals surface area contributed by atoms with E-state index < -0.39 is 47.4 Å². The summed E-state index contributed by atoms with van der Waals surface area (Å²) in [6, 6.07) is 19.7. The Labute approximate surface area is 365 Å². The molecule has 6 amide bonds. The van der Waals surface area contributed by atoms with E-state index in [0.29, 0.717) is 36.5 Å². The molecule has 1 saturated heterocycles. The zero-order valence-electron chi connectivity index (χ0n) is 36.6. The SMILES string of the molecule is CC(C)(C)C(=O)OC(N1C(=O)CCCC1=O)N1C(=O)c2cccc(CCCCCCCOc3ccc4c(c3)ncn4-c3ccc(NC(=O)Nc4cc(C(C)(C)C)[nH]n4)cc3)c2C1=O. The molecule has 16 nitrogen and oxygen atoms in total. The third-order valence-corrected chi connectivity index (χ3v) is 11.0. The molecular weight excluding hydrogens is 805 g/mol. The molecular formula is C47H54N8O8. The lowest BCUT2D eigenvalue weighted by molar-refractivity contribution is -0.189. The van der Waals surface area contributed by atoms with E-state index in [2.05, 4.69) is 46.6 Å². The second kappa shape index (κ2) is 18.2. The maximum absolute atomic E-state index is 14.0. The number of fused-ring (bicyclic) bond motifs is 2. The fraction of sp³-hybridized carbons (Fsp3) is 0.404. The van der Waals surface area contributed by atoms with Crippen LogP contribution in [0.4, 0.5) is 16.3 Å². The zero-order valence-corrected chi connectivity index (χ0v) is 36.6. The van der Waals surface area contributed by atoms with Gasteiger partial charge in [-0.25, -0.2) is 19.6 Å². The molecule has 5 aromatic rings. The molecule has 16 heteroatoms. The van der Waals surface area contributed by atoms with Crippen molar-refractivity contribution < 1.29 is 38.2 Å². The molecule has 330 valence electrons.